The van der Waals surface area contributed by atoms with Crippen LogP contribution in [-0.4, -0.2) is 96.7 Å². The lowest BCUT2D eigenvalue weighted by Crippen LogP contribution is -2.30. The zero-order valence-corrected chi connectivity index (χ0v) is 54.6. The molecule has 0 aliphatic carbocycles. The smallest absolute Gasteiger partial charge is 0.462 e. The van der Waals surface area contributed by atoms with Crippen molar-refractivity contribution in [2.24, 2.45) is 11.8 Å². The normalized spacial score (nSPS) is 14.3. The van der Waals surface area contributed by atoms with Crippen molar-refractivity contribution in [3.05, 3.63) is 0 Å². The second kappa shape index (κ2) is 55.6. The average molecular weight is 1210 g/mol. The number of hydrogen-bond acceptors (Lipinski definition) is 15. The number of rotatable bonds is 62. The molecule has 0 aromatic heterocycles. The topological polar surface area (TPSA) is 237 Å². The average Bonchev–Trinajstić information content (AvgIpc) is 3.46. The number of aliphatic hydroxyl groups excluding tert-OH is 1. The minimum atomic E-state index is -4.94. The lowest BCUT2D eigenvalue weighted by Gasteiger charge is -2.21. The summed E-state index contributed by atoms with van der Waals surface area (Å²) in [6.45, 7) is 9.27. The molecule has 0 heterocycles. The van der Waals surface area contributed by atoms with Crippen LogP contribution in [0.1, 0.15) is 311 Å². The Morgan fingerprint density at radius 3 is 0.829 bits per heavy atom. The van der Waals surface area contributed by atoms with E-state index < -0.39 is 97.5 Å². The Morgan fingerprint density at radius 2 is 0.561 bits per heavy atom. The van der Waals surface area contributed by atoms with Gasteiger partial charge in [-0.25, -0.2) is 9.13 Å². The maximum Gasteiger partial charge on any atom is 0.472 e. The number of aliphatic hydroxyl groups is 1. The SMILES string of the molecule is CCCCCCCCCCCCCCCCCCCC(=O)O[C@H](COC(=O)CCCCCCCCC(C)C)COP(=O)(O)OC[C@@H](O)COP(=O)(O)OC[C@@H](COC(=O)CCCCCCCCC)OC(=O)CCCCCCCCC(C)C. The van der Waals surface area contributed by atoms with Gasteiger partial charge in [0.2, 0.25) is 0 Å². The molecule has 17 nitrogen and oxygen atoms in total. The molecule has 0 rings (SSSR count). The molecule has 0 saturated heterocycles. The summed E-state index contributed by atoms with van der Waals surface area (Å²) in [4.78, 5) is 72.0. The molecule has 5 atom stereocenters. The first-order valence-corrected chi connectivity index (χ1v) is 36.0. The number of hydrogen-bond donors (Lipinski definition) is 3. The fourth-order valence-corrected chi connectivity index (χ4v) is 10.9. The van der Waals surface area contributed by atoms with Gasteiger partial charge in [0.1, 0.15) is 19.3 Å². The molecule has 0 radical (unpaired) electrons. The molecule has 0 aromatic carbocycles. The molecule has 19 heteroatoms. The largest absolute Gasteiger partial charge is 0.472 e. The zero-order chi connectivity index (χ0) is 60.8. The van der Waals surface area contributed by atoms with Crippen molar-refractivity contribution in [2.45, 2.75) is 330 Å². The van der Waals surface area contributed by atoms with E-state index in [0.29, 0.717) is 37.5 Å². The van der Waals surface area contributed by atoms with E-state index in [1.807, 2.05) is 0 Å². The Morgan fingerprint density at radius 1 is 0.329 bits per heavy atom. The Bertz CT molecular complexity index is 1620. The summed E-state index contributed by atoms with van der Waals surface area (Å²) in [5.74, 6) is -0.796. The molecule has 82 heavy (non-hydrogen) atoms. The highest BCUT2D eigenvalue weighted by atomic mass is 31.2. The quantitative estimate of drug-likeness (QED) is 0.0222. The zero-order valence-electron chi connectivity index (χ0n) is 52.8. The molecule has 0 amide bonds. The summed E-state index contributed by atoms with van der Waals surface area (Å²) in [6, 6.07) is 0. The molecule has 0 aromatic rings. The first-order valence-electron chi connectivity index (χ1n) is 33.0. The van der Waals surface area contributed by atoms with Gasteiger partial charge in [0.15, 0.2) is 12.2 Å². The lowest BCUT2D eigenvalue weighted by molar-refractivity contribution is -0.161. The summed E-state index contributed by atoms with van der Waals surface area (Å²) in [7, 11) is -9.88. The number of unbranched alkanes of at least 4 members (excludes halogenated alkanes) is 32. The van der Waals surface area contributed by atoms with E-state index in [1.54, 1.807) is 0 Å². The second-order valence-electron chi connectivity index (χ2n) is 23.7. The van der Waals surface area contributed by atoms with Gasteiger partial charge in [-0.05, 0) is 37.5 Å². The number of phosphoric ester groups is 2. The number of phosphoric acid groups is 2. The van der Waals surface area contributed by atoms with E-state index in [9.17, 15) is 43.2 Å². The number of carbonyl (C=O) groups is 4. The van der Waals surface area contributed by atoms with E-state index in [4.69, 9.17) is 37.0 Å². The fourth-order valence-electron chi connectivity index (χ4n) is 9.35. The van der Waals surface area contributed by atoms with Gasteiger partial charge in [0.25, 0.3) is 0 Å². The van der Waals surface area contributed by atoms with Gasteiger partial charge in [-0.2, -0.15) is 0 Å². The van der Waals surface area contributed by atoms with Crippen LogP contribution in [0.25, 0.3) is 0 Å². The van der Waals surface area contributed by atoms with Gasteiger partial charge in [-0.3, -0.25) is 37.3 Å². The second-order valence-corrected chi connectivity index (χ2v) is 26.7. The van der Waals surface area contributed by atoms with Crippen LogP contribution < -0.4 is 0 Å². The van der Waals surface area contributed by atoms with Gasteiger partial charge in [-0.1, -0.05) is 260 Å². The summed E-state index contributed by atoms with van der Waals surface area (Å²) < 4.78 is 67.8. The molecular weight excluding hydrogens is 1090 g/mol. The monoisotopic (exact) mass is 1210 g/mol. The first kappa shape index (κ1) is 80.1. The standard InChI is InChI=1S/C63H122O17P2/c1-7-9-11-13-15-16-17-18-19-20-21-22-23-24-26-35-41-47-62(67)79-58(52-74-61(66)46-40-34-29-27-31-37-43-55(3)4)53-77-81(69,70)75-49-57(64)50-76-82(71,72)78-54-59(51-73-60(65)45-39-33-25-14-12-10-8-2)80-63(68)48-42-36-30-28-32-38-44-56(5)6/h55-59,64H,7-54H2,1-6H3,(H,69,70)(H,71,72)/t57-,58-,59-/m1/s1. The van der Waals surface area contributed by atoms with Gasteiger partial charge >= 0.3 is 39.5 Å². The van der Waals surface area contributed by atoms with Gasteiger partial charge in [-0.15, -0.1) is 0 Å². The minimum absolute atomic E-state index is 0.101. The molecular formula is C63H122O17P2. The van der Waals surface area contributed by atoms with E-state index in [-0.39, 0.29) is 25.7 Å². The third-order valence-corrected chi connectivity index (χ3v) is 16.4. The molecule has 3 N–H and O–H groups in total. The molecule has 0 fully saturated rings. The van der Waals surface area contributed by atoms with Gasteiger partial charge in [0.05, 0.1) is 26.4 Å². The van der Waals surface area contributed by atoms with E-state index in [2.05, 4.69) is 41.5 Å². The Kier molecular flexibility index (Phi) is 54.3. The van der Waals surface area contributed by atoms with E-state index >= 15 is 0 Å². The van der Waals surface area contributed by atoms with Crippen LogP contribution in [-0.2, 0) is 65.4 Å². The Balaban J connectivity index is 5.16. The number of esters is 4. The third kappa shape index (κ3) is 57.2. The number of ether oxygens (including phenoxy) is 4. The van der Waals surface area contributed by atoms with Crippen molar-refractivity contribution in [3.8, 4) is 0 Å². The summed E-state index contributed by atoms with van der Waals surface area (Å²) in [5, 5.41) is 10.5. The van der Waals surface area contributed by atoms with Crippen LogP contribution in [0.2, 0.25) is 0 Å². The van der Waals surface area contributed by atoms with Crippen LogP contribution in [0.4, 0.5) is 0 Å². The maximum atomic E-state index is 13.0. The first-order chi connectivity index (χ1) is 39.4. The van der Waals surface area contributed by atoms with Crippen LogP contribution in [0.15, 0.2) is 0 Å². The summed E-state index contributed by atoms with van der Waals surface area (Å²) >= 11 is 0. The van der Waals surface area contributed by atoms with Crippen molar-refractivity contribution in [1.82, 2.24) is 0 Å². The number of carbonyl (C=O) groups excluding carboxylic acids is 4. The van der Waals surface area contributed by atoms with Crippen LogP contribution in [0, 0.1) is 11.8 Å². The van der Waals surface area contributed by atoms with Crippen LogP contribution in [0.5, 0.6) is 0 Å². The summed E-state index contributed by atoms with van der Waals surface area (Å²) in [6.07, 6.45) is 38.1. The van der Waals surface area contributed by atoms with Crippen molar-refractivity contribution in [1.29, 1.82) is 0 Å². The van der Waals surface area contributed by atoms with Crippen molar-refractivity contribution in [3.63, 3.8) is 0 Å². The predicted molar refractivity (Wildman–Crippen MR) is 326 cm³/mol. The van der Waals surface area contributed by atoms with E-state index in [1.165, 1.54) is 109 Å². The predicted octanol–water partition coefficient (Wildman–Crippen LogP) is 17.3. The molecule has 0 bridgehead atoms. The highest BCUT2D eigenvalue weighted by Crippen LogP contribution is 2.45. The van der Waals surface area contributed by atoms with Crippen molar-refractivity contribution in [2.75, 3.05) is 39.6 Å². The highest BCUT2D eigenvalue weighted by molar-refractivity contribution is 7.47. The third-order valence-electron chi connectivity index (χ3n) is 14.5. The molecule has 0 aliphatic heterocycles. The molecule has 0 aliphatic rings. The lowest BCUT2D eigenvalue weighted by atomic mass is 10.0. The maximum absolute atomic E-state index is 13.0. The fraction of sp³-hybridized carbons (Fsp3) is 0.937. The molecule has 0 saturated carbocycles. The van der Waals surface area contributed by atoms with Crippen LogP contribution >= 0.6 is 15.6 Å². The molecule has 2 unspecified atom stereocenters. The summed E-state index contributed by atoms with van der Waals surface area (Å²) in [5.41, 5.74) is 0. The minimum Gasteiger partial charge on any atom is -0.462 e. The van der Waals surface area contributed by atoms with Crippen molar-refractivity contribution < 1.29 is 80.2 Å². The Labute approximate surface area is 498 Å². The molecule has 0 spiro atoms. The van der Waals surface area contributed by atoms with Gasteiger partial charge < -0.3 is 33.8 Å². The van der Waals surface area contributed by atoms with E-state index in [0.717, 1.165) is 109 Å². The van der Waals surface area contributed by atoms with Crippen molar-refractivity contribution >= 4 is 39.5 Å². The van der Waals surface area contributed by atoms with Gasteiger partial charge in [0, 0.05) is 25.7 Å². The Hall–Kier alpha value is -1.94. The molecule has 486 valence electrons. The van der Waals surface area contributed by atoms with Crippen LogP contribution in [0.3, 0.4) is 0 Å². The highest BCUT2D eigenvalue weighted by Gasteiger charge is 2.30.